The Bertz CT molecular complexity index is 492. The summed E-state index contributed by atoms with van der Waals surface area (Å²) in [5.74, 6) is -0.452. The molecule has 2 nitrogen and oxygen atoms in total. The van der Waals surface area contributed by atoms with E-state index < -0.39 is 6.17 Å². The van der Waals surface area contributed by atoms with Crippen molar-refractivity contribution in [1.29, 1.82) is 0 Å². The summed E-state index contributed by atoms with van der Waals surface area (Å²) in [6, 6.07) is 5.49. The summed E-state index contributed by atoms with van der Waals surface area (Å²) < 4.78 is 24.8. The second-order valence-electron chi connectivity index (χ2n) is 4.78. The van der Waals surface area contributed by atoms with Gasteiger partial charge < -0.3 is 0 Å². The van der Waals surface area contributed by atoms with Crippen molar-refractivity contribution < 1.29 is 18.4 Å². The Labute approximate surface area is 117 Å². The van der Waals surface area contributed by atoms with E-state index in [0.717, 1.165) is 0 Å². The van der Waals surface area contributed by atoms with Gasteiger partial charge in [0.1, 0.15) is 17.8 Å². The van der Waals surface area contributed by atoms with Gasteiger partial charge in [0.25, 0.3) is 0 Å². The fraction of sp³-hybridized carbons (Fsp3) is 0.375. The number of Topliss-reactive ketones (excluding diaryl/α,β-unsaturated/α-hetero) is 2. The zero-order valence-corrected chi connectivity index (χ0v) is 11.6. The molecule has 0 radical (unpaired) electrons. The second kappa shape index (κ2) is 7.68. The molecule has 0 heterocycles. The lowest BCUT2D eigenvalue weighted by atomic mass is 9.92. The molecule has 0 aromatic heterocycles. The van der Waals surface area contributed by atoms with Crippen molar-refractivity contribution in [1.82, 2.24) is 0 Å². The van der Waals surface area contributed by atoms with Gasteiger partial charge in [-0.2, -0.15) is 0 Å². The maximum atomic E-state index is 12.6. The zero-order chi connectivity index (χ0) is 15.1. The highest BCUT2D eigenvalue weighted by molar-refractivity contribution is 5.93. The number of halogens is 2. The molecule has 0 saturated heterocycles. The first-order valence-electron chi connectivity index (χ1n) is 6.48. The Morgan fingerprint density at radius 3 is 2.15 bits per heavy atom. The fourth-order valence-electron chi connectivity index (χ4n) is 1.83. The van der Waals surface area contributed by atoms with Crippen LogP contribution in [-0.4, -0.2) is 17.7 Å². The van der Waals surface area contributed by atoms with Gasteiger partial charge in [-0.25, -0.2) is 8.78 Å². The van der Waals surface area contributed by atoms with Crippen LogP contribution in [0.2, 0.25) is 0 Å². The molecule has 0 fully saturated rings. The Balaban J connectivity index is 0.000000200. The molecule has 2 atom stereocenters. The molecule has 1 aromatic rings. The normalized spacial score (nSPS) is 20.8. The summed E-state index contributed by atoms with van der Waals surface area (Å²) in [6.07, 6.45) is 3.60. The van der Waals surface area contributed by atoms with E-state index in [1.165, 1.54) is 38.1 Å². The average Bonchev–Trinajstić information content (AvgIpc) is 2.40. The number of benzene rings is 1. The summed E-state index contributed by atoms with van der Waals surface area (Å²) in [5, 5.41) is 0. The number of carbonyl (C=O) groups is 2. The first-order chi connectivity index (χ1) is 9.40. The Morgan fingerprint density at radius 2 is 1.75 bits per heavy atom. The maximum absolute atomic E-state index is 12.6. The van der Waals surface area contributed by atoms with Crippen LogP contribution in [0.3, 0.4) is 0 Å². The topological polar surface area (TPSA) is 34.1 Å². The second-order valence-corrected chi connectivity index (χ2v) is 4.78. The molecular formula is C16H18F2O2. The van der Waals surface area contributed by atoms with E-state index in [4.69, 9.17) is 0 Å². The lowest BCUT2D eigenvalue weighted by molar-refractivity contribution is -0.120. The molecule has 4 heteroatoms. The monoisotopic (exact) mass is 280 g/mol. The van der Waals surface area contributed by atoms with E-state index in [2.05, 4.69) is 0 Å². The van der Waals surface area contributed by atoms with Crippen LogP contribution in [-0.2, 0) is 4.79 Å². The quantitative estimate of drug-likeness (QED) is 0.608. The number of rotatable bonds is 2. The molecule has 2 rings (SSSR count). The molecule has 0 spiro atoms. The molecule has 0 saturated carbocycles. The lowest BCUT2D eigenvalue weighted by Crippen LogP contribution is -2.17. The van der Waals surface area contributed by atoms with Crippen LogP contribution in [0.25, 0.3) is 0 Å². The molecule has 0 bridgehead atoms. The van der Waals surface area contributed by atoms with Crippen molar-refractivity contribution >= 4 is 11.6 Å². The van der Waals surface area contributed by atoms with E-state index in [9.17, 15) is 18.4 Å². The molecule has 0 N–H and O–H groups in total. The van der Waals surface area contributed by atoms with Gasteiger partial charge in [0, 0.05) is 11.5 Å². The summed E-state index contributed by atoms with van der Waals surface area (Å²) in [4.78, 5) is 21.4. The number of alkyl halides is 1. The third kappa shape index (κ3) is 5.43. The van der Waals surface area contributed by atoms with Crippen LogP contribution in [0, 0.1) is 11.7 Å². The summed E-state index contributed by atoms with van der Waals surface area (Å²) in [6.45, 7) is 2.96. The minimum absolute atomic E-state index is 0.0417. The van der Waals surface area contributed by atoms with Crippen molar-refractivity contribution in [3.63, 3.8) is 0 Å². The van der Waals surface area contributed by atoms with Gasteiger partial charge >= 0.3 is 0 Å². The van der Waals surface area contributed by atoms with Gasteiger partial charge in [0.05, 0.1) is 0 Å². The smallest absolute Gasteiger partial charge is 0.159 e. The van der Waals surface area contributed by atoms with Crippen LogP contribution >= 0.6 is 0 Å². The van der Waals surface area contributed by atoms with Gasteiger partial charge in [0.15, 0.2) is 5.78 Å². The standard InChI is InChI=1S/C8H7FO.C8H11FO/c1-6(10)7-2-4-8(9)5-3-7;1-6(10)7-3-2-4-8(9)5-7/h2-5H,1H3;2-3,7-8H,4-5H2,1H3/t;7-,8-/m.0/s1. The summed E-state index contributed by atoms with van der Waals surface area (Å²) in [7, 11) is 0. The highest BCUT2D eigenvalue weighted by Crippen LogP contribution is 2.20. The molecule has 108 valence electrons. The van der Waals surface area contributed by atoms with Crippen LogP contribution in [0.4, 0.5) is 8.78 Å². The predicted octanol–water partition coefficient (Wildman–Crippen LogP) is 3.91. The average molecular weight is 280 g/mol. The predicted molar refractivity (Wildman–Crippen MR) is 73.8 cm³/mol. The van der Waals surface area contributed by atoms with Crippen molar-refractivity contribution in [2.24, 2.45) is 5.92 Å². The van der Waals surface area contributed by atoms with E-state index in [0.29, 0.717) is 18.4 Å². The zero-order valence-electron chi connectivity index (χ0n) is 11.6. The van der Waals surface area contributed by atoms with E-state index in [-0.39, 0.29) is 23.3 Å². The van der Waals surface area contributed by atoms with E-state index >= 15 is 0 Å². The minimum Gasteiger partial charge on any atom is -0.299 e. The lowest BCUT2D eigenvalue weighted by Gasteiger charge is -2.15. The molecule has 1 aromatic carbocycles. The number of hydrogen-bond acceptors (Lipinski definition) is 2. The van der Waals surface area contributed by atoms with Gasteiger partial charge in [-0.1, -0.05) is 12.2 Å². The van der Waals surface area contributed by atoms with Gasteiger partial charge in [0.2, 0.25) is 0 Å². The van der Waals surface area contributed by atoms with Gasteiger partial charge in [-0.15, -0.1) is 0 Å². The van der Waals surface area contributed by atoms with Crippen LogP contribution in [0.1, 0.15) is 37.0 Å². The maximum Gasteiger partial charge on any atom is 0.159 e. The highest BCUT2D eigenvalue weighted by atomic mass is 19.1. The molecular weight excluding hydrogens is 262 g/mol. The molecule has 20 heavy (non-hydrogen) atoms. The first-order valence-corrected chi connectivity index (χ1v) is 6.48. The Morgan fingerprint density at radius 1 is 1.15 bits per heavy atom. The Kier molecular flexibility index (Phi) is 6.22. The molecule has 0 amide bonds. The molecule has 1 aliphatic rings. The van der Waals surface area contributed by atoms with Crippen LogP contribution in [0.15, 0.2) is 36.4 Å². The Hall–Kier alpha value is -1.84. The largest absolute Gasteiger partial charge is 0.299 e. The number of allylic oxidation sites excluding steroid dienone is 2. The molecule has 0 unspecified atom stereocenters. The van der Waals surface area contributed by atoms with Crippen LogP contribution < -0.4 is 0 Å². The minimum atomic E-state index is -0.807. The summed E-state index contributed by atoms with van der Waals surface area (Å²) >= 11 is 0. The SMILES string of the molecule is CC(=O)[C@H]1C=CC[C@H](F)C1.CC(=O)c1ccc(F)cc1. The van der Waals surface area contributed by atoms with Crippen LogP contribution in [0.5, 0.6) is 0 Å². The van der Waals surface area contributed by atoms with Gasteiger partial charge in [-0.3, -0.25) is 9.59 Å². The molecule has 0 aliphatic heterocycles. The van der Waals surface area contributed by atoms with Crippen molar-refractivity contribution in [3.05, 3.63) is 47.8 Å². The third-order valence-corrected chi connectivity index (χ3v) is 3.04. The van der Waals surface area contributed by atoms with E-state index in [1.54, 1.807) is 12.2 Å². The number of ketones is 2. The first kappa shape index (κ1) is 16.2. The van der Waals surface area contributed by atoms with Crippen molar-refractivity contribution in [2.45, 2.75) is 32.9 Å². The highest BCUT2D eigenvalue weighted by Gasteiger charge is 2.19. The van der Waals surface area contributed by atoms with Crippen molar-refractivity contribution in [2.75, 3.05) is 0 Å². The molecule has 1 aliphatic carbocycles. The number of carbonyl (C=O) groups excluding carboxylic acids is 2. The summed E-state index contributed by atoms with van der Waals surface area (Å²) in [5.41, 5.74) is 0.543. The fourth-order valence-corrected chi connectivity index (χ4v) is 1.83. The van der Waals surface area contributed by atoms with E-state index in [1.807, 2.05) is 0 Å². The van der Waals surface area contributed by atoms with Crippen molar-refractivity contribution in [3.8, 4) is 0 Å². The van der Waals surface area contributed by atoms with Gasteiger partial charge in [-0.05, 0) is 51.0 Å². The number of hydrogen-bond donors (Lipinski definition) is 0. The third-order valence-electron chi connectivity index (χ3n) is 3.04.